The van der Waals surface area contributed by atoms with Crippen LogP contribution in [0.15, 0.2) is 24.4 Å². The van der Waals surface area contributed by atoms with Gasteiger partial charge in [0.15, 0.2) is 0 Å². The van der Waals surface area contributed by atoms with Crippen LogP contribution in [0.3, 0.4) is 0 Å². The number of benzene rings is 1. The van der Waals surface area contributed by atoms with E-state index in [2.05, 4.69) is 22.2 Å². The van der Waals surface area contributed by atoms with Crippen molar-refractivity contribution in [3.8, 4) is 11.3 Å². The van der Waals surface area contributed by atoms with Crippen LogP contribution in [-0.4, -0.2) is 23.6 Å². The molecule has 0 amide bonds. The lowest BCUT2D eigenvalue weighted by molar-refractivity contribution is 0.585. The lowest BCUT2D eigenvalue weighted by atomic mass is 10.1. The summed E-state index contributed by atoms with van der Waals surface area (Å²) in [5, 5.41) is 3.09. The first-order valence-electron chi connectivity index (χ1n) is 6.30. The largest absolute Gasteiger partial charge is 0.342 e. The molecule has 1 aromatic heterocycles. The molecule has 1 unspecified atom stereocenters. The Morgan fingerprint density at radius 2 is 2.16 bits per heavy atom. The van der Waals surface area contributed by atoms with Gasteiger partial charge >= 0.3 is 0 Å². The second-order valence-corrected chi connectivity index (χ2v) is 4.47. The van der Waals surface area contributed by atoms with Crippen molar-refractivity contribution in [3.05, 3.63) is 41.9 Å². The van der Waals surface area contributed by atoms with Gasteiger partial charge in [0.05, 0.1) is 11.9 Å². The molecule has 5 heteroatoms. The highest BCUT2D eigenvalue weighted by Gasteiger charge is 2.15. The summed E-state index contributed by atoms with van der Waals surface area (Å²) in [6.07, 6.45) is 2.46. The van der Waals surface area contributed by atoms with Gasteiger partial charge in [-0.1, -0.05) is 6.92 Å². The maximum atomic E-state index is 13.7. The van der Waals surface area contributed by atoms with Gasteiger partial charge in [-0.3, -0.25) is 0 Å². The molecule has 1 aromatic carbocycles. The summed E-state index contributed by atoms with van der Waals surface area (Å²) in [5.41, 5.74) is 0.708. The number of aromatic nitrogens is 2. The topological polar surface area (TPSA) is 40.7 Å². The average Bonchev–Trinajstić information content (AvgIpc) is 2.88. The number of imidazole rings is 1. The van der Waals surface area contributed by atoms with Crippen LogP contribution in [0, 0.1) is 11.6 Å². The number of likely N-dealkylation sites (N-methyl/N-ethyl adjacent to an activating group) is 1. The van der Waals surface area contributed by atoms with Gasteiger partial charge < -0.3 is 10.3 Å². The summed E-state index contributed by atoms with van der Waals surface area (Å²) in [4.78, 5) is 7.34. The zero-order valence-corrected chi connectivity index (χ0v) is 11.0. The van der Waals surface area contributed by atoms with E-state index in [-0.39, 0.29) is 11.5 Å². The second kappa shape index (κ2) is 5.93. The minimum absolute atomic E-state index is 0.207. The Hall–Kier alpha value is -1.75. The minimum atomic E-state index is -0.463. The van der Waals surface area contributed by atoms with Gasteiger partial charge in [-0.05, 0) is 31.7 Å². The number of hydrogen-bond acceptors (Lipinski definition) is 2. The first-order chi connectivity index (χ1) is 9.15. The zero-order valence-electron chi connectivity index (χ0n) is 11.0. The Bertz CT molecular complexity index is 551. The predicted octanol–water partition coefficient (Wildman–Crippen LogP) is 3.07. The number of nitrogens with one attached hydrogen (secondary N) is 2. The lowest BCUT2D eigenvalue weighted by Crippen LogP contribution is -2.17. The van der Waals surface area contributed by atoms with E-state index in [0.717, 1.165) is 30.9 Å². The Labute approximate surface area is 111 Å². The van der Waals surface area contributed by atoms with E-state index < -0.39 is 11.6 Å². The molecule has 2 N–H and O–H groups in total. The number of rotatable bonds is 5. The number of halogens is 2. The van der Waals surface area contributed by atoms with Crippen molar-refractivity contribution < 1.29 is 8.78 Å². The maximum absolute atomic E-state index is 13.7. The van der Waals surface area contributed by atoms with Crippen LogP contribution in [0.4, 0.5) is 8.78 Å². The summed E-state index contributed by atoms with van der Waals surface area (Å²) in [7, 11) is 1.87. The van der Waals surface area contributed by atoms with Crippen LogP contribution >= 0.6 is 0 Å². The molecule has 0 saturated heterocycles. The molecule has 0 radical (unpaired) electrons. The number of nitrogens with zero attached hydrogens (tertiary/aromatic N) is 1. The average molecular weight is 265 g/mol. The summed E-state index contributed by atoms with van der Waals surface area (Å²) in [6, 6.07) is 3.40. The smallest absolute Gasteiger partial charge is 0.132 e. The highest BCUT2D eigenvalue weighted by atomic mass is 19.1. The van der Waals surface area contributed by atoms with E-state index >= 15 is 0 Å². The molecule has 1 heterocycles. The first kappa shape index (κ1) is 13.7. The first-order valence-corrected chi connectivity index (χ1v) is 6.30. The van der Waals surface area contributed by atoms with Gasteiger partial charge in [0.1, 0.15) is 17.5 Å². The molecular weight excluding hydrogens is 248 g/mol. The van der Waals surface area contributed by atoms with Crippen molar-refractivity contribution in [2.24, 2.45) is 0 Å². The monoisotopic (exact) mass is 265 g/mol. The summed E-state index contributed by atoms with van der Waals surface area (Å²) < 4.78 is 26.8. The fourth-order valence-electron chi connectivity index (χ4n) is 2.07. The van der Waals surface area contributed by atoms with Crippen LogP contribution in [0.25, 0.3) is 11.3 Å². The molecule has 0 spiro atoms. The molecular formula is C14H17F2N3. The lowest BCUT2D eigenvalue weighted by Gasteiger charge is -2.10. The van der Waals surface area contributed by atoms with Gasteiger partial charge in [0, 0.05) is 18.0 Å². The molecule has 1 atom stereocenters. The van der Waals surface area contributed by atoms with Crippen LogP contribution in [0.5, 0.6) is 0 Å². The third kappa shape index (κ3) is 2.98. The molecule has 0 bridgehead atoms. The van der Waals surface area contributed by atoms with Gasteiger partial charge in [-0.25, -0.2) is 13.8 Å². The predicted molar refractivity (Wildman–Crippen MR) is 70.9 cm³/mol. The number of H-pyrrole nitrogens is 1. The fourth-order valence-corrected chi connectivity index (χ4v) is 2.07. The van der Waals surface area contributed by atoms with Crippen molar-refractivity contribution in [2.45, 2.75) is 19.3 Å². The van der Waals surface area contributed by atoms with Crippen LogP contribution in [0.2, 0.25) is 0 Å². The van der Waals surface area contributed by atoms with E-state index in [1.54, 1.807) is 6.20 Å². The number of hydrogen-bond donors (Lipinski definition) is 2. The van der Waals surface area contributed by atoms with Crippen LogP contribution in [0.1, 0.15) is 25.1 Å². The molecule has 3 nitrogen and oxygen atoms in total. The minimum Gasteiger partial charge on any atom is -0.342 e. The summed E-state index contributed by atoms with van der Waals surface area (Å²) in [6.45, 7) is 2.85. The van der Waals surface area contributed by atoms with E-state index in [4.69, 9.17) is 0 Å². The van der Waals surface area contributed by atoms with Crippen molar-refractivity contribution in [1.29, 1.82) is 0 Å². The molecule has 0 fully saturated rings. The second-order valence-electron chi connectivity index (χ2n) is 4.47. The Kier molecular flexibility index (Phi) is 4.27. The van der Waals surface area contributed by atoms with E-state index in [1.807, 2.05) is 7.05 Å². The van der Waals surface area contributed by atoms with Crippen LogP contribution < -0.4 is 5.32 Å². The van der Waals surface area contributed by atoms with Gasteiger partial charge in [-0.2, -0.15) is 0 Å². The fraction of sp³-hybridized carbons (Fsp3) is 0.357. The van der Waals surface area contributed by atoms with E-state index in [0.29, 0.717) is 5.69 Å². The van der Waals surface area contributed by atoms with E-state index in [9.17, 15) is 8.78 Å². The maximum Gasteiger partial charge on any atom is 0.132 e. The third-order valence-electron chi connectivity index (χ3n) is 3.14. The summed E-state index contributed by atoms with van der Waals surface area (Å²) in [5.74, 6) is 0.0963. The van der Waals surface area contributed by atoms with Crippen molar-refractivity contribution in [1.82, 2.24) is 15.3 Å². The van der Waals surface area contributed by atoms with Gasteiger partial charge in [0.25, 0.3) is 0 Å². The number of aromatic amines is 1. The van der Waals surface area contributed by atoms with Gasteiger partial charge in [0.2, 0.25) is 0 Å². The van der Waals surface area contributed by atoms with Crippen molar-refractivity contribution in [3.63, 3.8) is 0 Å². The normalized spacial score (nSPS) is 12.6. The zero-order chi connectivity index (χ0) is 13.8. The third-order valence-corrected chi connectivity index (χ3v) is 3.14. The van der Waals surface area contributed by atoms with E-state index in [1.165, 1.54) is 6.07 Å². The van der Waals surface area contributed by atoms with Crippen molar-refractivity contribution >= 4 is 0 Å². The molecule has 0 aliphatic carbocycles. The molecule has 0 aliphatic rings. The quantitative estimate of drug-likeness (QED) is 0.872. The Morgan fingerprint density at radius 1 is 1.37 bits per heavy atom. The Morgan fingerprint density at radius 3 is 2.84 bits per heavy atom. The molecule has 0 saturated carbocycles. The summed E-state index contributed by atoms with van der Waals surface area (Å²) >= 11 is 0. The highest BCUT2D eigenvalue weighted by molar-refractivity contribution is 5.59. The standard InChI is InChI=1S/C14H17F2N3/c1-3-9(7-17-2)14-18-8-13(19-14)11-6-10(15)4-5-12(11)16/h4-6,8-9,17H,3,7H2,1-2H3,(H,18,19). The highest BCUT2D eigenvalue weighted by Crippen LogP contribution is 2.24. The molecule has 0 aliphatic heterocycles. The Balaban J connectivity index is 2.32. The molecule has 19 heavy (non-hydrogen) atoms. The SMILES string of the molecule is CCC(CNC)c1ncc(-c2cc(F)ccc2F)[nH]1. The van der Waals surface area contributed by atoms with Crippen LogP contribution in [-0.2, 0) is 0 Å². The molecule has 2 rings (SSSR count). The molecule has 2 aromatic rings. The molecule has 102 valence electrons. The van der Waals surface area contributed by atoms with Gasteiger partial charge in [-0.15, -0.1) is 0 Å². The van der Waals surface area contributed by atoms with Crippen molar-refractivity contribution in [2.75, 3.05) is 13.6 Å².